The van der Waals surface area contributed by atoms with Gasteiger partial charge in [-0.05, 0) is 35.7 Å². The van der Waals surface area contributed by atoms with E-state index in [2.05, 4.69) is 5.32 Å². The Labute approximate surface area is 129 Å². The molecule has 3 rings (SSSR count). The summed E-state index contributed by atoms with van der Waals surface area (Å²) in [7, 11) is 0. The Morgan fingerprint density at radius 3 is 2.77 bits per heavy atom. The molecule has 22 heavy (non-hydrogen) atoms. The molecule has 4 nitrogen and oxygen atoms in total. The maximum atomic E-state index is 11.3. The van der Waals surface area contributed by atoms with Gasteiger partial charge in [-0.3, -0.25) is 4.79 Å². The number of carbonyl (C=O) groups is 1. The molecule has 0 saturated carbocycles. The van der Waals surface area contributed by atoms with Gasteiger partial charge in [0.05, 0.1) is 6.10 Å². The molecule has 0 spiro atoms. The van der Waals surface area contributed by atoms with Gasteiger partial charge < -0.3 is 15.2 Å². The van der Waals surface area contributed by atoms with Gasteiger partial charge in [0.1, 0.15) is 12.4 Å². The highest BCUT2D eigenvalue weighted by Gasteiger charge is 2.15. The molecule has 1 aliphatic rings. The van der Waals surface area contributed by atoms with E-state index in [4.69, 9.17) is 4.74 Å². The van der Waals surface area contributed by atoms with Gasteiger partial charge in [-0.15, -0.1) is 0 Å². The lowest BCUT2D eigenvalue weighted by molar-refractivity contribution is -0.116. The van der Waals surface area contributed by atoms with Crippen LogP contribution in [0, 0.1) is 0 Å². The number of fused-ring (bicyclic) bond motifs is 1. The van der Waals surface area contributed by atoms with Crippen LogP contribution in [0.25, 0.3) is 0 Å². The highest BCUT2D eigenvalue weighted by atomic mass is 16.5. The molecule has 0 aromatic heterocycles. The van der Waals surface area contributed by atoms with Crippen LogP contribution in [0.1, 0.15) is 17.5 Å². The number of carbonyl (C=O) groups excluding carboxylic acids is 1. The maximum absolute atomic E-state index is 11.3. The van der Waals surface area contributed by atoms with Crippen LogP contribution in [0.15, 0.2) is 48.5 Å². The zero-order valence-electron chi connectivity index (χ0n) is 12.3. The van der Waals surface area contributed by atoms with Crippen molar-refractivity contribution in [2.24, 2.45) is 0 Å². The average Bonchev–Trinajstić information content (AvgIpc) is 2.54. The van der Waals surface area contributed by atoms with E-state index in [9.17, 15) is 9.90 Å². The molecule has 4 heteroatoms. The van der Waals surface area contributed by atoms with Gasteiger partial charge in [-0.1, -0.05) is 30.3 Å². The zero-order valence-corrected chi connectivity index (χ0v) is 12.3. The van der Waals surface area contributed by atoms with Crippen molar-refractivity contribution in [3.05, 3.63) is 59.7 Å². The van der Waals surface area contributed by atoms with Gasteiger partial charge in [0.15, 0.2) is 0 Å². The molecular weight excluding hydrogens is 278 g/mol. The Morgan fingerprint density at radius 1 is 1.14 bits per heavy atom. The van der Waals surface area contributed by atoms with Gasteiger partial charge in [0.2, 0.25) is 5.91 Å². The smallest absolute Gasteiger partial charge is 0.224 e. The summed E-state index contributed by atoms with van der Waals surface area (Å²) < 4.78 is 5.67. The Kier molecular flexibility index (Phi) is 4.39. The van der Waals surface area contributed by atoms with E-state index in [-0.39, 0.29) is 12.5 Å². The number of aryl methyl sites for hydroxylation is 1. The van der Waals surface area contributed by atoms with E-state index in [1.807, 2.05) is 48.5 Å². The van der Waals surface area contributed by atoms with Crippen molar-refractivity contribution < 1.29 is 14.6 Å². The third-order valence-corrected chi connectivity index (χ3v) is 3.73. The molecule has 0 fully saturated rings. The van der Waals surface area contributed by atoms with Crippen molar-refractivity contribution in [1.29, 1.82) is 0 Å². The standard InChI is InChI=1S/C18H19NO3/c20-15(10-13-4-2-1-3-5-13)12-22-16-7-8-17-14(11-16)6-9-18(21)19-17/h1-5,7-8,11,15,20H,6,9-10,12H2,(H,19,21). The fourth-order valence-electron chi connectivity index (χ4n) is 2.59. The van der Waals surface area contributed by atoms with Crippen molar-refractivity contribution in [2.45, 2.75) is 25.4 Å². The number of rotatable bonds is 5. The predicted molar refractivity (Wildman–Crippen MR) is 85.0 cm³/mol. The summed E-state index contributed by atoms with van der Waals surface area (Å²) >= 11 is 0. The van der Waals surface area contributed by atoms with Crippen molar-refractivity contribution >= 4 is 11.6 Å². The predicted octanol–water partition coefficient (Wildman–Crippen LogP) is 2.55. The molecule has 1 heterocycles. The second-order valence-corrected chi connectivity index (χ2v) is 5.52. The van der Waals surface area contributed by atoms with Gasteiger partial charge in [0.25, 0.3) is 0 Å². The minimum absolute atomic E-state index is 0.0550. The van der Waals surface area contributed by atoms with Crippen LogP contribution in [0.2, 0.25) is 0 Å². The van der Waals surface area contributed by atoms with Crippen molar-refractivity contribution in [2.75, 3.05) is 11.9 Å². The van der Waals surface area contributed by atoms with Crippen LogP contribution < -0.4 is 10.1 Å². The first kappa shape index (κ1) is 14.6. The molecule has 2 N–H and O–H groups in total. The Bertz CT molecular complexity index is 655. The fraction of sp³-hybridized carbons (Fsp3) is 0.278. The van der Waals surface area contributed by atoms with Crippen LogP contribution in [-0.4, -0.2) is 23.7 Å². The monoisotopic (exact) mass is 297 g/mol. The quantitative estimate of drug-likeness (QED) is 0.891. The van der Waals surface area contributed by atoms with E-state index in [0.717, 1.165) is 29.0 Å². The molecule has 1 amide bonds. The second kappa shape index (κ2) is 6.62. The summed E-state index contributed by atoms with van der Waals surface area (Å²) in [6.07, 6.45) is 1.26. The summed E-state index contributed by atoms with van der Waals surface area (Å²) in [5.41, 5.74) is 3.02. The van der Waals surface area contributed by atoms with E-state index in [1.165, 1.54) is 0 Å². The topological polar surface area (TPSA) is 58.6 Å². The lowest BCUT2D eigenvalue weighted by Gasteiger charge is -2.18. The SMILES string of the molecule is O=C1CCc2cc(OCC(O)Cc3ccccc3)ccc2N1. The maximum Gasteiger partial charge on any atom is 0.224 e. The summed E-state index contributed by atoms with van der Waals surface area (Å²) in [4.78, 5) is 11.3. The van der Waals surface area contributed by atoms with Crippen LogP contribution in [0.5, 0.6) is 5.75 Å². The molecule has 1 atom stereocenters. The van der Waals surface area contributed by atoms with Gasteiger partial charge in [0, 0.05) is 18.5 Å². The number of aliphatic hydroxyl groups is 1. The number of benzene rings is 2. The zero-order chi connectivity index (χ0) is 15.4. The van der Waals surface area contributed by atoms with E-state index in [1.54, 1.807) is 0 Å². The van der Waals surface area contributed by atoms with E-state index in [0.29, 0.717) is 12.8 Å². The van der Waals surface area contributed by atoms with Gasteiger partial charge >= 0.3 is 0 Å². The summed E-state index contributed by atoms with van der Waals surface area (Å²) in [5, 5.41) is 12.9. The van der Waals surface area contributed by atoms with Crippen molar-refractivity contribution in [3.63, 3.8) is 0 Å². The Hall–Kier alpha value is -2.33. The molecule has 0 aliphatic carbocycles. The number of hydrogen-bond donors (Lipinski definition) is 2. The minimum atomic E-state index is -0.543. The summed E-state index contributed by atoms with van der Waals surface area (Å²) in [5.74, 6) is 0.779. The molecule has 0 saturated heterocycles. The van der Waals surface area contributed by atoms with Gasteiger partial charge in [-0.2, -0.15) is 0 Å². The number of ether oxygens (including phenoxy) is 1. The first-order valence-corrected chi connectivity index (χ1v) is 7.48. The number of anilines is 1. The van der Waals surface area contributed by atoms with E-state index < -0.39 is 6.10 Å². The molecule has 114 valence electrons. The van der Waals surface area contributed by atoms with Crippen LogP contribution >= 0.6 is 0 Å². The van der Waals surface area contributed by atoms with Crippen molar-refractivity contribution in [1.82, 2.24) is 0 Å². The number of nitrogens with one attached hydrogen (secondary N) is 1. The number of hydrogen-bond acceptors (Lipinski definition) is 3. The molecule has 0 radical (unpaired) electrons. The summed E-state index contributed by atoms with van der Waals surface area (Å²) in [6, 6.07) is 15.5. The first-order valence-electron chi connectivity index (χ1n) is 7.48. The molecule has 2 aromatic rings. The average molecular weight is 297 g/mol. The van der Waals surface area contributed by atoms with Gasteiger partial charge in [-0.25, -0.2) is 0 Å². The minimum Gasteiger partial charge on any atom is -0.491 e. The lowest BCUT2D eigenvalue weighted by Crippen LogP contribution is -2.21. The molecule has 2 aromatic carbocycles. The molecule has 0 bridgehead atoms. The second-order valence-electron chi connectivity index (χ2n) is 5.52. The highest BCUT2D eigenvalue weighted by molar-refractivity contribution is 5.93. The fourth-order valence-corrected chi connectivity index (χ4v) is 2.59. The summed E-state index contributed by atoms with van der Waals surface area (Å²) in [6.45, 7) is 0.250. The number of aliphatic hydroxyl groups excluding tert-OH is 1. The Morgan fingerprint density at radius 2 is 1.95 bits per heavy atom. The lowest BCUT2D eigenvalue weighted by atomic mass is 10.0. The van der Waals surface area contributed by atoms with E-state index >= 15 is 0 Å². The first-order chi connectivity index (χ1) is 10.7. The van der Waals surface area contributed by atoms with Crippen molar-refractivity contribution in [3.8, 4) is 5.75 Å². The molecule has 1 unspecified atom stereocenters. The third-order valence-electron chi connectivity index (χ3n) is 3.73. The van der Waals surface area contributed by atoms with Crippen LogP contribution in [0.3, 0.4) is 0 Å². The number of amides is 1. The molecule has 1 aliphatic heterocycles. The normalized spacial score (nSPS) is 14.9. The third kappa shape index (κ3) is 3.65. The Balaban J connectivity index is 1.56. The molecular formula is C18H19NO3. The van der Waals surface area contributed by atoms with Crippen LogP contribution in [0.4, 0.5) is 5.69 Å². The largest absolute Gasteiger partial charge is 0.491 e. The highest BCUT2D eigenvalue weighted by Crippen LogP contribution is 2.26. The van der Waals surface area contributed by atoms with Crippen LogP contribution in [-0.2, 0) is 17.6 Å².